The zero-order chi connectivity index (χ0) is 12.6. The summed E-state index contributed by atoms with van der Waals surface area (Å²) in [4.78, 5) is 0. The second-order valence-corrected chi connectivity index (χ2v) is 3.89. The molecular formula is C12H11N5. The Balaban J connectivity index is 2.65. The largest absolute Gasteiger partial charge is 0.294 e. The van der Waals surface area contributed by atoms with Crippen LogP contribution in [0.2, 0.25) is 0 Å². The summed E-state index contributed by atoms with van der Waals surface area (Å²) in [5.74, 6) is -0.0616. The van der Waals surface area contributed by atoms with Crippen molar-refractivity contribution < 1.29 is 0 Å². The molecule has 1 aromatic heterocycles. The summed E-state index contributed by atoms with van der Waals surface area (Å²) in [5, 5.41) is 12.8. The Kier molecular flexibility index (Phi) is 2.48. The third-order valence-corrected chi connectivity index (χ3v) is 2.57. The first-order valence-corrected chi connectivity index (χ1v) is 5.08. The molecule has 17 heavy (non-hydrogen) atoms. The maximum Gasteiger partial charge on any atom is 0.190 e. The molecule has 2 aromatic rings. The number of hydrogen-bond donors (Lipinski definition) is 0. The number of aromatic nitrogens is 2. The third kappa shape index (κ3) is 1.70. The predicted octanol–water partition coefficient (Wildman–Crippen LogP) is 2.19. The molecular weight excluding hydrogens is 214 g/mol. The van der Waals surface area contributed by atoms with Crippen molar-refractivity contribution in [1.29, 1.82) is 5.26 Å². The molecule has 0 saturated carbocycles. The molecule has 2 N–H and O–H groups in total. The van der Waals surface area contributed by atoms with Crippen LogP contribution in [0.15, 0.2) is 18.2 Å². The van der Waals surface area contributed by atoms with Gasteiger partial charge in [-0.25, -0.2) is 4.68 Å². The minimum absolute atomic E-state index is 0.0185. The lowest BCUT2D eigenvalue weighted by atomic mass is 10.1. The molecule has 0 fully saturated rings. The van der Waals surface area contributed by atoms with Crippen molar-refractivity contribution in [3.05, 3.63) is 35.0 Å². The quantitative estimate of drug-likeness (QED) is 0.744. The first-order valence-electron chi connectivity index (χ1n) is 5.08. The zero-order valence-corrected chi connectivity index (χ0v) is 9.57. The Morgan fingerprint density at radius 2 is 2.00 bits per heavy atom. The normalized spacial score (nSPS) is 10.2. The molecule has 1 aromatic carbocycles. The average molecular weight is 225 g/mol. The van der Waals surface area contributed by atoms with Crippen molar-refractivity contribution in [3.63, 3.8) is 0 Å². The van der Waals surface area contributed by atoms with Gasteiger partial charge in [0.2, 0.25) is 0 Å². The Labute approximate surface area is 99.3 Å². The fourth-order valence-electron chi connectivity index (χ4n) is 1.71. The van der Waals surface area contributed by atoms with Crippen molar-refractivity contribution >= 4 is 11.5 Å². The summed E-state index contributed by atoms with van der Waals surface area (Å²) >= 11 is 0. The van der Waals surface area contributed by atoms with Gasteiger partial charge in [0, 0.05) is 0 Å². The number of nitrogens with one attached hydrogen (secondary N) is 2. The van der Waals surface area contributed by atoms with Crippen LogP contribution < -0.4 is 11.5 Å². The van der Waals surface area contributed by atoms with Crippen LogP contribution in [0.4, 0.5) is 11.5 Å². The smallest absolute Gasteiger partial charge is 0.190 e. The fourth-order valence-corrected chi connectivity index (χ4v) is 1.71. The molecule has 1 heterocycles. The number of rotatable bonds is 1. The van der Waals surface area contributed by atoms with E-state index in [1.165, 1.54) is 4.68 Å². The van der Waals surface area contributed by atoms with Gasteiger partial charge in [0.1, 0.15) is 11.8 Å². The van der Waals surface area contributed by atoms with Gasteiger partial charge in [-0.2, -0.15) is 10.4 Å². The van der Waals surface area contributed by atoms with Crippen LogP contribution >= 0.6 is 0 Å². The Morgan fingerprint density at radius 3 is 2.53 bits per heavy atom. The van der Waals surface area contributed by atoms with Crippen LogP contribution in [-0.2, 0) is 0 Å². The highest BCUT2D eigenvalue weighted by atomic mass is 15.3. The lowest BCUT2D eigenvalue weighted by molar-refractivity contribution is 0.861. The van der Waals surface area contributed by atoms with Crippen LogP contribution in [0, 0.1) is 25.2 Å². The van der Waals surface area contributed by atoms with Crippen molar-refractivity contribution in [3.8, 4) is 11.8 Å². The summed E-state index contributed by atoms with van der Waals surface area (Å²) in [7, 11) is 0. The van der Waals surface area contributed by atoms with E-state index in [1.54, 1.807) is 0 Å². The molecule has 2 rings (SSSR count). The molecule has 0 aliphatic heterocycles. The molecule has 0 spiro atoms. The first kappa shape index (κ1) is 11.0. The highest BCUT2D eigenvalue weighted by Gasteiger charge is 2.15. The molecule has 0 saturated heterocycles. The molecule has 0 unspecified atom stereocenters. The molecule has 0 aliphatic rings. The van der Waals surface area contributed by atoms with Gasteiger partial charge in [-0.3, -0.25) is 11.5 Å². The maximum atomic E-state index is 8.79. The van der Waals surface area contributed by atoms with Gasteiger partial charge in [-0.1, -0.05) is 17.7 Å². The lowest BCUT2D eigenvalue weighted by Gasteiger charge is -2.07. The SMILES string of the molecule is Cc1ccc(-n2nc(C#N)c([NH])c2[NH])c(C)c1. The molecule has 5 heteroatoms. The van der Waals surface area contributed by atoms with Crippen LogP contribution in [0.3, 0.4) is 0 Å². The van der Waals surface area contributed by atoms with Crippen molar-refractivity contribution in [2.24, 2.45) is 0 Å². The van der Waals surface area contributed by atoms with E-state index in [4.69, 9.17) is 16.7 Å². The molecule has 0 aliphatic carbocycles. The zero-order valence-electron chi connectivity index (χ0n) is 9.57. The Hall–Kier alpha value is -2.48. The standard InChI is InChI=1S/C12H11N5/c1-7-3-4-10(8(2)5-7)17-12(15)11(14)9(6-13)16-17/h3-5,14-15H,1-2H3. The number of aryl methyl sites for hydroxylation is 2. The third-order valence-electron chi connectivity index (χ3n) is 2.57. The summed E-state index contributed by atoms with van der Waals surface area (Å²) in [6.45, 7) is 3.90. The lowest BCUT2D eigenvalue weighted by Crippen LogP contribution is -2.00. The van der Waals surface area contributed by atoms with E-state index < -0.39 is 0 Å². The van der Waals surface area contributed by atoms with Crippen LogP contribution in [0.25, 0.3) is 5.69 Å². The Morgan fingerprint density at radius 1 is 1.29 bits per heavy atom. The molecule has 0 amide bonds. The second kappa shape index (κ2) is 3.83. The van der Waals surface area contributed by atoms with Gasteiger partial charge >= 0.3 is 0 Å². The molecule has 84 valence electrons. The van der Waals surface area contributed by atoms with Crippen LogP contribution in [0.1, 0.15) is 16.8 Å². The summed E-state index contributed by atoms with van der Waals surface area (Å²) in [5.41, 5.74) is 18.0. The minimum atomic E-state index is -0.132. The summed E-state index contributed by atoms with van der Waals surface area (Å²) in [6, 6.07) is 7.56. The van der Waals surface area contributed by atoms with E-state index in [2.05, 4.69) is 5.10 Å². The molecule has 0 atom stereocenters. The monoisotopic (exact) mass is 225 g/mol. The van der Waals surface area contributed by atoms with E-state index in [0.717, 1.165) is 16.8 Å². The van der Waals surface area contributed by atoms with E-state index in [9.17, 15) is 0 Å². The summed E-state index contributed by atoms with van der Waals surface area (Å²) < 4.78 is 1.33. The van der Waals surface area contributed by atoms with Crippen molar-refractivity contribution in [2.45, 2.75) is 13.8 Å². The minimum Gasteiger partial charge on any atom is -0.294 e. The fraction of sp³-hybridized carbons (Fsp3) is 0.167. The number of nitriles is 1. The molecule has 2 radical (unpaired) electrons. The average Bonchev–Trinajstić information content (AvgIpc) is 2.57. The van der Waals surface area contributed by atoms with Crippen molar-refractivity contribution in [2.75, 3.05) is 0 Å². The van der Waals surface area contributed by atoms with E-state index in [1.807, 2.05) is 38.1 Å². The van der Waals surface area contributed by atoms with Gasteiger partial charge in [0.05, 0.1) is 5.69 Å². The molecule has 0 bridgehead atoms. The number of nitrogens with zero attached hydrogens (tertiary/aromatic N) is 3. The van der Waals surface area contributed by atoms with Crippen LogP contribution in [0.5, 0.6) is 0 Å². The van der Waals surface area contributed by atoms with Gasteiger partial charge < -0.3 is 0 Å². The topological polar surface area (TPSA) is 89.2 Å². The number of benzene rings is 1. The van der Waals surface area contributed by atoms with Crippen molar-refractivity contribution in [1.82, 2.24) is 21.2 Å². The molecule has 5 nitrogen and oxygen atoms in total. The highest BCUT2D eigenvalue weighted by molar-refractivity contribution is 5.64. The highest BCUT2D eigenvalue weighted by Crippen LogP contribution is 2.27. The predicted molar refractivity (Wildman–Crippen MR) is 63.3 cm³/mol. The van der Waals surface area contributed by atoms with Crippen LogP contribution in [-0.4, -0.2) is 9.78 Å². The Bertz CT molecular complexity index is 619. The van der Waals surface area contributed by atoms with Gasteiger partial charge in [-0.15, -0.1) is 0 Å². The number of hydrogen-bond acceptors (Lipinski definition) is 2. The maximum absolute atomic E-state index is 8.79. The first-order chi connectivity index (χ1) is 8.04. The van der Waals surface area contributed by atoms with E-state index in [0.29, 0.717) is 0 Å². The second-order valence-electron chi connectivity index (χ2n) is 3.89. The van der Waals surface area contributed by atoms with E-state index >= 15 is 0 Å². The van der Waals surface area contributed by atoms with E-state index in [-0.39, 0.29) is 17.2 Å². The summed E-state index contributed by atoms with van der Waals surface area (Å²) in [6.07, 6.45) is 0. The van der Waals surface area contributed by atoms with Gasteiger partial charge in [-0.05, 0) is 25.5 Å². The van der Waals surface area contributed by atoms with Gasteiger partial charge in [0.25, 0.3) is 0 Å². The van der Waals surface area contributed by atoms with Gasteiger partial charge in [0.15, 0.2) is 11.5 Å².